The largest absolute Gasteiger partial charge is 0.416 e. The van der Waals surface area contributed by atoms with Crippen LogP contribution in [-0.2, 0) is 6.18 Å². The molecule has 1 rings (SSSR count). The van der Waals surface area contributed by atoms with Crippen molar-refractivity contribution in [1.82, 2.24) is 0 Å². The molecule has 0 aromatic heterocycles. The third-order valence-electron chi connectivity index (χ3n) is 2.09. The van der Waals surface area contributed by atoms with Gasteiger partial charge in [-0.15, -0.1) is 0 Å². The van der Waals surface area contributed by atoms with E-state index in [1.54, 1.807) is 0 Å². The maximum absolute atomic E-state index is 12.2. The Morgan fingerprint density at radius 3 is 2.07 bits per heavy atom. The van der Waals surface area contributed by atoms with Gasteiger partial charge in [0.25, 0.3) is 0 Å². The van der Waals surface area contributed by atoms with Gasteiger partial charge in [-0.25, -0.2) is 0 Å². The van der Waals surface area contributed by atoms with E-state index in [9.17, 15) is 17.6 Å². The van der Waals surface area contributed by atoms with Crippen LogP contribution in [0.15, 0.2) is 24.3 Å². The highest BCUT2D eigenvalue weighted by Gasteiger charge is 2.30. The van der Waals surface area contributed by atoms with Crippen LogP contribution in [-0.4, -0.2) is 6.67 Å². The first-order chi connectivity index (χ1) is 6.95. The van der Waals surface area contributed by atoms with E-state index in [0.717, 1.165) is 12.1 Å². The average molecular weight is 221 g/mol. The lowest BCUT2D eigenvalue weighted by Crippen LogP contribution is -2.12. The average Bonchev–Trinajstić information content (AvgIpc) is 2.17. The summed E-state index contributed by atoms with van der Waals surface area (Å²) in [6.07, 6.45) is -4.23. The maximum atomic E-state index is 12.2. The molecular formula is C10H11F4N. The van der Waals surface area contributed by atoms with Gasteiger partial charge in [0.1, 0.15) is 0 Å². The Bertz CT molecular complexity index is 304. The summed E-state index contributed by atoms with van der Waals surface area (Å²) in [5, 5.41) is 0. The van der Waals surface area contributed by atoms with Crippen molar-refractivity contribution < 1.29 is 17.6 Å². The van der Waals surface area contributed by atoms with E-state index in [1.165, 1.54) is 12.1 Å². The normalized spacial score (nSPS) is 13.9. The number of halogens is 4. The third kappa shape index (κ3) is 3.20. The minimum Gasteiger partial charge on any atom is -0.324 e. The molecule has 0 bridgehead atoms. The van der Waals surface area contributed by atoms with Crippen molar-refractivity contribution in [2.24, 2.45) is 5.73 Å². The molecule has 5 heteroatoms. The molecule has 0 aliphatic rings. The highest BCUT2D eigenvalue weighted by Crippen LogP contribution is 2.29. The lowest BCUT2D eigenvalue weighted by molar-refractivity contribution is -0.137. The summed E-state index contributed by atoms with van der Waals surface area (Å²) in [5.41, 5.74) is 5.33. The zero-order valence-corrected chi connectivity index (χ0v) is 7.89. The first-order valence-electron chi connectivity index (χ1n) is 4.44. The zero-order chi connectivity index (χ0) is 11.5. The van der Waals surface area contributed by atoms with Gasteiger partial charge in [0, 0.05) is 6.04 Å². The fraction of sp³-hybridized carbons (Fsp3) is 0.400. The summed E-state index contributed by atoms with van der Waals surface area (Å²) >= 11 is 0. The molecule has 0 amide bonds. The molecule has 1 aromatic rings. The van der Waals surface area contributed by atoms with Crippen LogP contribution < -0.4 is 5.73 Å². The number of benzene rings is 1. The van der Waals surface area contributed by atoms with Crippen LogP contribution in [0.4, 0.5) is 17.6 Å². The summed E-state index contributed by atoms with van der Waals surface area (Å²) in [6, 6.07) is 3.92. The number of nitrogens with two attached hydrogens (primary N) is 1. The van der Waals surface area contributed by atoms with Gasteiger partial charge in [-0.05, 0) is 24.1 Å². The van der Waals surface area contributed by atoms with Crippen molar-refractivity contribution in [3.05, 3.63) is 35.4 Å². The molecule has 0 heterocycles. The molecule has 0 radical (unpaired) electrons. The van der Waals surface area contributed by atoms with E-state index in [1.807, 2.05) is 0 Å². The number of rotatable bonds is 3. The summed E-state index contributed by atoms with van der Waals surface area (Å²) in [6.45, 7) is -0.581. The number of hydrogen-bond acceptors (Lipinski definition) is 1. The van der Waals surface area contributed by atoms with Crippen LogP contribution in [0.1, 0.15) is 23.6 Å². The van der Waals surface area contributed by atoms with Gasteiger partial charge in [0.05, 0.1) is 12.2 Å². The van der Waals surface area contributed by atoms with Crippen LogP contribution in [0.25, 0.3) is 0 Å². The standard InChI is InChI=1S/C10H11F4N/c11-6-5-9(15)7-1-3-8(4-2-7)10(12,13)14/h1-4,9H,5-6,15H2/t9-/m0/s1. The van der Waals surface area contributed by atoms with Crippen molar-refractivity contribution in [2.75, 3.05) is 6.67 Å². The lowest BCUT2D eigenvalue weighted by atomic mass is 10.0. The Morgan fingerprint density at radius 2 is 1.67 bits per heavy atom. The molecule has 1 atom stereocenters. The van der Waals surface area contributed by atoms with Crippen LogP contribution >= 0.6 is 0 Å². The molecule has 0 saturated carbocycles. The van der Waals surface area contributed by atoms with Gasteiger partial charge in [-0.1, -0.05) is 12.1 Å². The van der Waals surface area contributed by atoms with E-state index in [2.05, 4.69) is 0 Å². The molecule has 1 nitrogen and oxygen atoms in total. The summed E-state index contributed by atoms with van der Waals surface area (Å²) in [4.78, 5) is 0. The summed E-state index contributed by atoms with van der Waals surface area (Å²) < 4.78 is 48.5. The zero-order valence-electron chi connectivity index (χ0n) is 7.89. The van der Waals surface area contributed by atoms with E-state index < -0.39 is 24.5 Å². The predicted molar refractivity (Wildman–Crippen MR) is 49.0 cm³/mol. The highest BCUT2D eigenvalue weighted by molar-refractivity contribution is 5.26. The van der Waals surface area contributed by atoms with Gasteiger partial charge in [0.2, 0.25) is 0 Å². The molecule has 0 fully saturated rings. The Hall–Kier alpha value is -1.10. The first-order valence-corrected chi connectivity index (χ1v) is 4.44. The number of alkyl halides is 4. The summed E-state index contributed by atoms with van der Waals surface area (Å²) in [5.74, 6) is 0. The molecule has 0 unspecified atom stereocenters. The minimum absolute atomic E-state index is 0.116. The van der Waals surface area contributed by atoms with E-state index >= 15 is 0 Å². The van der Waals surface area contributed by atoms with Gasteiger partial charge < -0.3 is 5.73 Å². The van der Waals surface area contributed by atoms with Gasteiger partial charge >= 0.3 is 6.18 Å². The van der Waals surface area contributed by atoms with Crippen molar-refractivity contribution in [2.45, 2.75) is 18.6 Å². The topological polar surface area (TPSA) is 26.0 Å². The summed E-state index contributed by atoms with van der Waals surface area (Å²) in [7, 11) is 0. The van der Waals surface area contributed by atoms with Crippen molar-refractivity contribution in [3.63, 3.8) is 0 Å². The van der Waals surface area contributed by atoms with Crippen LogP contribution in [0.5, 0.6) is 0 Å². The second kappa shape index (κ2) is 4.61. The SMILES string of the molecule is N[C@@H](CCF)c1ccc(C(F)(F)F)cc1. The van der Waals surface area contributed by atoms with E-state index in [4.69, 9.17) is 5.73 Å². The Kier molecular flexibility index (Phi) is 3.68. The molecule has 84 valence electrons. The van der Waals surface area contributed by atoms with Gasteiger partial charge in [-0.3, -0.25) is 4.39 Å². The lowest BCUT2D eigenvalue weighted by Gasteiger charge is -2.11. The van der Waals surface area contributed by atoms with Crippen molar-refractivity contribution in [1.29, 1.82) is 0 Å². The molecule has 1 aromatic carbocycles. The molecule has 0 saturated heterocycles. The number of hydrogen-bond donors (Lipinski definition) is 1. The highest BCUT2D eigenvalue weighted by atomic mass is 19.4. The van der Waals surface area contributed by atoms with Crippen molar-refractivity contribution in [3.8, 4) is 0 Å². The van der Waals surface area contributed by atoms with Crippen LogP contribution in [0.2, 0.25) is 0 Å². The molecule has 0 spiro atoms. The molecular weight excluding hydrogens is 210 g/mol. The monoisotopic (exact) mass is 221 g/mol. The molecule has 15 heavy (non-hydrogen) atoms. The van der Waals surface area contributed by atoms with E-state index in [-0.39, 0.29) is 6.42 Å². The molecule has 0 aliphatic heterocycles. The second-order valence-electron chi connectivity index (χ2n) is 3.20. The van der Waals surface area contributed by atoms with Crippen molar-refractivity contribution >= 4 is 0 Å². The van der Waals surface area contributed by atoms with Gasteiger partial charge in [-0.2, -0.15) is 13.2 Å². The maximum Gasteiger partial charge on any atom is 0.416 e. The van der Waals surface area contributed by atoms with E-state index in [0.29, 0.717) is 5.56 Å². The smallest absolute Gasteiger partial charge is 0.324 e. The third-order valence-corrected chi connectivity index (χ3v) is 2.09. The second-order valence-corrected chi connectivity index (χ2v) is 3.20. The fourth-order valence-corrected chi connectivity index (χ4v) is 1.20. The quantitative estimate of drug-likeness (QED) is 0.780. The Balaban J connectivity index is 2.81. The van der Waals surface area contributed by atoms with Crippen LogP contribution in [0.3, 0.4) is 0 Å². The molecule has 0 aliphatic carbocycles. The van der Waals surface area contributed by atoms with Gasteiger partial charge in [0.15, 0.2) is 0 Å². The first kappa shape index (κ1) is 12.0. The Morgan fingerprint density at radius 1 is 1.13 bits per heavy atom. The molecule has 2 N–H and O–H groups in total. The minimum atomic E-state index is -4.34. The fourth-order valence-electron chi connectivity index (χ4n) is 1.20. The van der Waals surface area contributed by atoms with Crippen LogP contribution in [0, 0.1) is 0 Å². The Labute approximate surface area is 84.9 Å². The predicted octanol–water partition coefficient (Wildman–Crippen LogP) is 3.06.